The number of thioether (sulfide) groups is 1. The predicted octanol–water partition coefficient (Wildman–Crippen LogP) is -0.172. The molecule has 4 heterocycles. The molecule has 1 unspecified atom stereocenters. The van der Waals surface area contributed by atoms with Gasteiger partial charge in [0.25, 0.3) is 10.1 Å². The summed E-state index contributed by atoms with van der Waals surface area (Å²) in [6.07, 6.45) is -0.191. The number of carbonyl (C=O) groups is 5. The summed E-state index contributed by atoms with van der Waals surface area (Å²) in [7, 11) is -7.82. The smallest absolute Gasteiger partial charge is 0.333 e. The molecular formula is C32H40N4O13S3. The number of benzene rings is 2. The highest BCUT2D eigenvalue weighted by Crippen LogP contribution is 2.51. The summed E-state index contributed by atoms with van der Waals surface area (Å²) in [6.45, 7) is 7.21. The standard InChI is InChI=1S/C25H30N4O9S2.C7H8O3S.H2O/c1-24(2)17(29-20(32)16(21(29)39-24)27-19(31)15(26)12-8-6-5-7-9-12)22(33)37-11-38-23(34)18-25(3,4)40(35,36)14-10-13(30)28(14)18;1-6-2-4-7(5-3-6)11(8,9)10;/h5-9,14-18,21H,10-11,26H2,1-4H3,(H,27,31);2-5H,1H3,(H,8,9,10);1H2/t14-,15?,16-,17+,18+,21-;;/m1../s1. The number of nitrogens with two attached hydrogens (primary N) is 1. The first kappa shape index (κ1) is 40.7. The Morgan fingerprint density at radius 2 is 1.54 bits per heavy atom. The van der Waals surface area contributed by atoms with E-state index in [0.717, 1.165) is 10.5 Å². The number of hydrogen-bond acceptors (Lipinski definition) is 13. The molecule has 0 aromatic heterocycles. The van der Waals surface area contributed by atoms with E-state index in [-0.39, 0.29) is 16.8 Å². The molecule has 0 spiro atoms. The van der Waals surface area contributed by atoms with Crippen LogP contribution < -0.4 is 11.1 Å². The molecule has 0 radical (unpaired) electrons. The van der Waals surface area contributed by atoms with E-state index in [1.807, 2.05) is 6.92 Å². The summed E-state index contributed by atoms with van der Waals surface area (Å²) < 4.78 is 62.9. The van der Waals surface area contributed by atoms with Crippen molar-refractivity contribution in [3.05, 3.63) is 65.7 Å². The average molecular weight is 785 g/mol. The normalized spacial score (nSPS) is 26.5. The number of carbonyl (C=O) groups excluding carboxylic acids is 5. The Morgan fingerprint density at radius 3 is 2.08 bits per heavy atom. The van der Waals surface area contributed by atoms with Gasteiger partial charge in [0.2, 0.25) is 24.5 Å². The van der Waals surface area contributed by atoms with E-state index < -0.39 is 101 Å². The molecule has 6 atom stereocenters. The second-order valence-electron chi connectivity index (χ2n) is 13.5. The molecule has 284 valence electrons. The van der Waals surface area contributed by atoms with Crippen molar-refractivity contribution in [1.29, 1.82) is 0 Å². The van der Waals surface area contributed by atoms with Crippen LogP contribution in [0.4, 0.5) is 0 Å². The lowest BCUT2D eigenvalue weighted by molar-refractivity contribution is -0.181. The Kier molecular flexibility index (Phi) is 11.3. The van der Waals surface area contributed by atoms with Crippen LogP contribution in [0, 0.1) is 6.92 Å². The average Bonchev–Trinajstić information content (AvgIpc) is 3.38. The van der Waals surface area contributed by atoms with E-state index in [9.17, 15) is 40.8 Å². The van der Waals surface area contributed by atoms with E-state index in [2.05, 4.69) is 5.32 Å². The zero-order valence-corrected chi connectivity index (χ0v) is 31.2. The largest absolute Gasteiger partial charge is 0.426 e. The molecular weight excluding hydrogens is 745 g/mol. The summed E-state index contributed by atoms with van der Waals surface area (Å²) >= 11 is 1.31. The Balaban J connectivity index is 0.000000433. The van der Waals surface area contributed by atoms with E-state index in [1.54, 1.807) is 56.3 Å². The third kappa shape index (κ3) is 7.14. The molecule has 20 heteroatoms. The molecule has 3 amide bonds. The van der Waals surface area contributed by atoms with Crippen molar-refractivity contribution in [3.8, 4) is 0 Å². The van der Waals surface area contributed by atoms with Crippen LogP contribution in [0.5, 0.6) is 0 Å². The summed E-state index contributed by atoms with van der Waals surface area (Å²) in [5.41, 5.74) is 7.59. The van der Waals surface area contributed by atoms with Crippen molar-refractivity contribution < 1.29 is 60.3 Å². The maximum Gasteiger partial charge on any atom is 0.333 e. The van der Waals surface area contributed by atoms with E-state index in [1.165, 1.54) is 42.6 Å². The molecule has 2 aromatic carbocycles. The maximum absolute atomic E-state index is 13.0. The van der Waals surface area contributed by atoms with Gasteiger partial charge in [-0.1, -0.05) is 48.0 Å². The molecule has 52 heavy (non-hydrogen) atoms. The first-order valence-corrected chi connectivity index (χ1v) is 19.5. The van der Waals surface area contributed by atoms with Gasteiger partial charge in [-0.2, -0.15) is 8.42 Å². The van der Waals surface area contributed by atoms with Crippen LogP contribution in [0.15, 0.2) is 59.5 Å². The van der Waals surface area contributed by atoms with Crippen molar-refractivity contribution in [1.82, 2.24) is 15.1 Å². The number of rotatable bonds is 8. The van der Waals surface area contributed by atoms with Crippen LogP contribution in [0.2, 0.25) is 0 Å². The molecule has 4 aliphatic rings. The van der Waals surface area contributed by atoms with Gasteiger partial charge in [0.1, 0.15) is 34.9 Å². The maximum atomic E-state index is 13.0. The van der Waals surface area contributed by atoms with Gasteiger partial charge in [0.05, 0.1) is 16.1 Å². The van der Waals surface area contributed by atoms with Gasteiger partial charge in [-0.15, -0.1) is 11.8 Å². The molecule has 4 aliphatic heterocycles. The molecule has 4 saturated heterocycles. The van der Waals surface area contributed by atoms with Gasteiger partial charge in [-0.05, 0) is 52.3 Å². The van der Waals surface area contributed by atoms with Crippen molar-refractivity contribution in [2.24, 2.45) is 5.73 Å². The lowest BCUT2D eigenvalue weighted by Gasteiger charge is -2.44. The minimum atomic E-state index is -4.02. The van der Waals surface area contributed by atoms with Gasteiger partial charge >= 0.3 is 11.9 Å². The molecule has 2 aromatic rings. The number of nitrogens with zero attached hydrogens (tertiary/aromatic N) is 2. The fourth-order valence-corrected chi connectivity index (χ4v) is 10.6. The molecule has 6 rings (SSSR count). The fourth-order valence-electron chi connectivity index (χ4n) is 6.40. The number of sulfone groups is 1. The number of esters is 2. The van der Waals surface area contributed by atoms with Crippen LogP contribution >= 0.6 is 11.8 Å². The summed E-state index contributed by atoms with van der Waals surface area (Å²) in [6, 6.07) is 10.4. The number of β-lactam (4-membered cyclic amide) rings is 2. The number of nitrogens with one attached hydrogen (secondary N) is 1. The highest BCUT2D eigenvalue weighted by atomic mass is 32.2. The third-order valence-electron chi connectivity index (χ3n) is 9.32. The first-order chi connectivity index (χ1) is 23.6. The number of fused-ring (bicyclic) bond motifs is 2. The number of hydrogen-bond donors (Lipinski definition) is 3. The van der Waals surface area contributed by atoms with Crippen LogP contribution in [0.3, 0.4) is 0 Å². The second-order valence-corrected chi connectivity index (χ2v) is 19.4. The highest BCUT2D eigenvalue weighted by molar-refractivity contribution is 8.01. The Labute approximate surface area is 304 Å². The third-order valence-corrected chi connectivity index (χ3v) is 14.6. The molecule has 0 aliphatic carbocycles. The van der Waals surface area contributed by atoms with Crippen LogP contribution in [-0.2, 0) is 53.4 Å². The Hall–Kier alpha value is -4.08. The zero-order valence-electron chi connectivity index (χ0n) is 28.7. The second kappa shape index (κ2) is 14.4. The van der Waals surface area contributed by atoms with Gasteiger partial charge in [0, 0.05) is 4.75 Å². The van der Waals surface area contributed by atoms with E-state index in [0.29, 0.717) is 5.56 Å². The van der Waals surface area contributed by atoms with E-state index >= 15 is 0 Å². The quantitative estimate of drug-likeness (QED) is 0.136. The predicted molar refractivity (Wildman–Crippen MR) is 185 cm³/mol. The van der Waals surface area contributed by atoms with E-state index in [4.69, 9.17) is 19.8 Å². The minimum Gasteiger partial charge on any atom is -0.426 e. The van der Waals surface area contributed by atoms with Crippen molar-refractivity contribution in [3.63, 3.8) is 0 Å². The fraction of sp³-hybridized carbons (Fsp3) is 0.469. The zero-order chi connectivity index (χ0) is 37.8. The summed E-state index contributed by atoms with van der Waals surface area (Å²) in [5, 5.41) is 1.07. The highest BCUT2D eigenvalue weighted by Gasteiger charge is 2.68. The summed E-state index contributed by atoms with van der Waals surface area (Å²) in [5.74, 6) is -3.32. The molecule has 17 nitrogen and oxygen atoms in total. The monoisotopic (exact) mass is 784 g/mol. The van der Waals surface area contributed by atoms with Crippen molar-refractivity contribution >= 4 is 61.4 Å². The molecule has 0 bridgehead atoms. The van der Waals surface area contributed by atoms with Gasteiger partial charge < -0.3 is 35.8 Å². The number of ether oxygens (including phenoxy) is 2. The molecule has 0 saturated carbocycles. The lowest BCUT2D eigenvalue weighted by atomic mass is 9.95. The molecule has 6 N–H and O–H groups in total. The summed E-state index contributed by atoms with van der Waals surface area (Å²) in [4.78, 5) is 65.8. The van der Waals surface area contributed by atoms with Gasteiger partial charge in [-0.25, -0.2) is 18.0 Å². The Bertz CT molecular complexity index is 1970. The molecule has 4 fully saturated rings. The number of amides is 3. The Morgan fingerprint density at radius 1 is 0.981 bits per heavy atom. The van der Waals surface area contributed by atoms with Crippen LogP contribution in [-0.4, -0.2) is 111 Å². The first-order valence-electron chi connectivity index (χ1n) is 15.6. The van der Waals surface area contributed by atoms with Gasteiger partial charge in [0.15, 0.2) is 9.84 Å². The minimum absolute atomic E-state index is 0. The van der Waals surface area contributed by atoms with Crippen LogP contribution in [0.1, 0.15) is 51.3 Å². The lowest BCUT2D eigenvalue weighted by Crippen LogP contribution is -2.71. The number of aryl methyl sites for hydroxylation is 1. The van der Waals surface area contributed by atoms with Crippen molar-refractivity contribution in [2.45, 2.75) is 90.3 Å². The SMILES string of the molecule is CC1(C)S[C@@H]2[C@H](NC(=O)C(N)c3ccccc3)C(=O)N2[C@H]1C(=O)OCOC(=O)[C@@H]1N2C(=O)C[C@H]2S(=O)(=O)C1(C)C.Cc1ccc(S(=O)(=O)O)cc1.O. The van der Waals surface area contributed by atoms with Crippen molar-refractivity contribution in [2.75, 3.05) is 6.79 Å². The van der Waals surface area contributed by atoms with Crippen LogP contribution in [0.25, 0.3) is 0 Å². The van der Waals surface area contributed by atoms with Gasteiger partial charge in [-0.3, -0.25) is 18.9 Å². The topological polar surface area (TPSA) is 268 Å².